The highest BCUT2D eigenvalue weighted by Crippen LogP contribution is 2.61. The Hall–Kier alpha value is -1.38. The number of fused-ring (bicyclic) bond motifs is 1. The number of sulfonamides is 1. The van der Waals surface area contributed by atoms with Crippen molar-refractivity contribution in [3.05, 3.63) is 24.0 Å². The number of nitrogens with zero attached hydrogens (tertiary/aromatic N) is 3. The summed E-state index contributed by atoms with van der Waals surface area (Å²) in [4.78, 5) is 9.43. The van der Waals surface area contributed by atoms with E-state index in [0.717, 1.165) is 17.7 Å². The van der Waals surface area contributed by atoms with Crippen molar-refractivity contribution in [3.8, 4) is 0 Å². The Labute approximate surface area is 203 Å². The predicted octanol–water partition coefficient (Wildman–Crippen LogP) is 1.77. The van der Waals surface area contributed by atoms with Crippen LogP contribution in [0.25, 0.3) is 0 Å². The summed E-state index contributed by atoms with van der Waals surface area (Å²) in [7, 11) is -2.55. The number of ether oxygens (including phenoxy) is 2. The number of aliphatic hydroxyl groups excluding tert-OH is 1. The van der Waals surface area contributed by atoms with Crippen LogP contribution in [0.5, 0.6) is 0 Å². The molecule has 2 saturated carbocycles. The first-order valence-corrected chi connectivity index (χ1v) is 13.4. The molecule has 1 aromatic heterocycles. The van der Waals surface area contributed by atoms with E-state index < -0.39 is 52.1 Å². The van der Waals surface area contributed by atoms with Crippen molar-refractivity contribution in [2.24, 2.45) is 5.92 Å². The average molecular weight is 523 g/mol. The van der Waals surface area contributed by atoms with Crippen molar-refractivity contribution in [2.75, 3.05) is 13.7 Å². The van der Waals surface area contributed by atoms with E-state index in [9.17, 15) is 26.7 Å². The van der Waals surface area contributed by atoms with E-state index in [1.54, 1.807) is 0 Å². The van der Waals surface area contributed by atoms with Crippen molar-refractivity contribution < 1.29 is 36.2 Å². The summed E-state index contributed by atoms with van der Waals surface area (Å²) in [5.74, 6) is 0.430. The van der Waals surface area contributed by atoms with Crippen LogP contribution in [-0.2, 0) is 24.9 Å². The monoisotopic (exact) mass is 522 g/mol. The zero-order chi connectivity index (χ0) is 25.5. The van der Waals surface area contributed by atoms with Crippen LogP contribution < -0.4 is 4.72 Å². The molecule has 1 aromatic rings. The molecular formula is C22H33F3N4O5S. The third-order valence-electron chi connectivity index (χ3n) is 7.68. The molecule has 0 aromatic carbocycles. The Morgan fingerprint density at radius 1 is 1.29 bits per heavy atom. The molecule has 1 saturated heterocycles. The van der Waals surface area contributed by atoms with Gasteiger partial charge in [-0.1, -0.05) is 0 Å². The fourth-order valence-electron chi connectivity index (χ4n) is 5.54. The molecular weight excluding hydrogens is 489 g/mol. The summed E-state index contributed by atoms with van der Waals surface area (Å²) in [5.41, 5.74) is -0.171. The molecule has 0 amide bonds. The van der Waals surface area contributed by atoms with Crippen molar-refractivity contribution in [1.82, 2.24) is 19.6 Å². The molecule has 2 aliphatic carbocycles. The number of nitrogens with one attached hydrogen (secondary N) is 1. The molecule has 3 fully saturated rings. The second-order valence-electron chi connectivity index (χ2n) is 10.0. The molecule has 0 bridgehead atoms. The van der Waals surface area contributed by atoms with Crippen LogP contribution >= 0.6 is 0 Å². The summed E-state index contributed by atoms with van der Waals surface area (Å²) in [6, 6.07) is -3.11. The van der Waals surface area contributed by atoms with Gasteiger partial charge in [-0.05, 0) is 51.9 Å². The molecule has 1 aliphatic heterocycles. The fourth-order valence-corrected chi connectivity index (χ4v) is 6.49. The summed E-state index contributed by atoms with van der Waals surface area (Å²) in [6.45, 7) is 2.96. The summed E-state index contributed by atoms with van der Waals surface area (Å²) in [5, 5.41) is 9.59. The third kappa shape index (κ3) is 5.35. The van der Waals surface area contributed by atoms with E-state index in [4.69, 9.17) is 9.47 Å². The van der Waals surface area contributed by atoms with Gasteiger partial charge >= 0.3 is 0 Å². The molecule has 2 heterocycles. The van der Waals surface area contributed by atoms with Gasteiger partial charge in [0.15, 0.2) is 5.82 Å². The topological polar surface area (TPSA) is 114 Å². The molecule has 4 unspecified atom stereocenters. The maximum atomic E-state index is 13.8. The molecule has 13 heteroatoms. The lowest BCUT2D eigenvalue weighted by atomic mass is 9.86. The van der Waals surface area contributed by atoms with Crippen molar-refractivity contribution in [2.45, 2.75) is 93.7 Å². The number of alkyl halides is 2. The van der Waals surface area contributed by atoms with Crippen molar-refractivity contribution >= 4 is 10.0 Å². The first kappa shape index (κ1) is 26.7. The van der Waals surface area contributed by atoms with E-state index in [1.807, 2.05) is 0 Å². The zero-order valence-corrected chi connectivity index (χ0v) is 20.8. The van der Waals surface area contributed by atoms with E-state index in [2.05, 4.69) is 14.7 Å². The van der Waals surface area contributed by atoms with Crippen LogP contribution in [0.15, 0.2) is 12.4 Å². The lowest BCUT2D eigenvalue weighted by Crippen LogP contribution is -2.54. The molecule has 2 N–H and O–H groups in total. The van der Waals surface area contributed by atoms with Gasteiger partial charge in [-0.15, -0.1) is 0 Å². The number of methoxy groups -OCH3 is 1. The van der Waals surface area contributed by atoms with E-state index in [-0.39, 0.29) is 30.5 Å². The number of aliphatic hydroxyl groups is 1. The lowest BCUT2D eigenvalue weighted by Gasteiger charge is -2.35. The Bertz CT molecular complexity index is 986. The van der Waals surface area contributed by atoms with Gasteiger partial charge in [0.25, 0.3) is 6.43 Å². The fraction of sp³-hybridized carbons (Fsp3) is 0.818. The van der Waals surface area contributed by atoms with Crippen LogP contribution in [-0.4, -0.2) is 84.4 Å². The van der Waals surface area contributed by atoms with Gasteiger partial charge in [-0.25, -0.2) is 41.2 Å². The maximum Gasteiger partial charge on any atom is 0.254 e. The number of likely N-dealkylation sites (tertiary alicyclic amines) is 1. The largest absolute Gasteiger partial charge is 0.377 e. The number of aromatic nitrogens is 2. The molecule has 9 nitrogen and oxygen atoms in total. The number of hydrogen-bond donors (Lipinski definition) is 2. The predicted molar refractivity (Wildman–Crippen MR) is 119 cm³/mol. The highest BCUT2D eigenvalue weighted by molar-refractivity contribution is 7.90. The first-order valence-electron chi connectivity index (χ1n) is 11.9. The van der Waals surface area contributed by atoms with E-state index in [1.165, 1.54) is 33.4 Å². The maximum absolute atomic E-state index is 13.8. The van der Waals surface area contributed by atoms with Crippen LogP contribution in [0.1, 0.15) is 51.8 Å². The second kappa shape index (κ2) is 10.2. The van der Waals surface area contributed by atoms with E-state index in [0.29, 0.717) is 18.7 Å². The molecule has 7 atom stereocenters. The highest BCUT2D eigenvalue weighted by atomic mass is 32.2. The normalized spacial score (nSPS) is 34.4. The zero-order valence-electron chi connectivity index (χ0n) is 20.0. The van der Waals surface area contributed by atoms with Crippen molar-refractivity contribution in [1.29, 1.82) is 0 Å². The second-order valence-corrected chi connectivity index (χ2v) is 12.3. The number of hydrogen-bond acceptors (Lipinski definition) is 8. The molecule has 198 valence electrons. The van der Waals surface area contributed by atoms with Gasteiger partial charge in [0.1, 0.15) is 5.82 Å². The van der Waals surface area contributed by atoms with Gasteiger partial charge in [-0.2, -0.15) is 0 Å². The summed E-state index contributed by atoms with van der Waals surface area (Å²) >= 11 is 0. The summed E-state index contributed by atoms with van der Waals surface area (Å²) in [6.07, 6.45) is 0.570. The molecule has 4 rings (SSSR count). The Kier molecular flexibility index (Phi) is 7.75. The Balaban J connectivity index is 1.44. The standard InChI is InChI=1S/C22H33F3N4O5S/c1-12(2)35(31,32)28-16-7-17(19(24)25)29(21(30)33-3)18(16)11-34-15-4-5-22(8-13(22)6-15)20-26-9-14(23)10-27-20/h9-10,12-13,15-19,21,28,30H,4-8,11H2,1-3H3/t13?,15?,16-,17-,18-,21?,22?/m0/s1. The summed E-state index contributed by atoms with van der Waals surface area (Å²) < 4.78 is 79.5. The molecule has 0 radical (unpaired) electrons. The lowest BCUT2D eigenvalue weighted by molar-refractivity contribution is -0.212. The molecule has 3 aliphatic rings. The van der Waals surface area contributed by atoms with Crippen LogP contribution in [0, 0.1) is 11.7 Å². The van der Waals surface area contributed by atoms with Gasteiger partial charge < -0.3 is 14.6 Å². The SMILES string of the molecule is COC(O)N1[C@H](C(F)F)C[C@H](NS(=O)(=O)C(C)C)[C@@H]1COC1CCC2(c3ncc(F)cn3)CC2C1. The van der Waals surface area contributed by atoms with Gasteiger partial charge in [-0.3, -0.25) is 0 Å². The number of halogens is 3. The third-order valence-corrected chi connectivity index (χ3v) is 9.55. The van der Waals surface area contributed by atoms with Crippen LogP contribution in [0.2, 0.25) is 0 Å². The van der Waals surface area contributed by atoms with Gasteiger partial charge in [0, 0.05) is 18.6 Å². The molecule has 35 heavy (non-hydrogen) atoms. The van der Waals surface area contributed by atoms with Crippen LogP contribution in [0.3, 0.4) is 0 Å². The minimum Gasteiger partial charge on any atom is -0.377 e. The van der Waals surface area contributed by atoms with Crippen LogP contribution in [0.4, 0.5) is 13.2 Å². The minimum atomic E-state index is -3.75. The smallest absolute Gasteiger partial charge is 0.254 e. The Morgan fingerprint density at radius 3 is 2.54 bits per heavy atom. The van der Waals surface area contributed by atoms with Crippen molar-refractivity contribution in [3.63, 3.8) is 0 Å². The average Bonchev–Trinajstić information content (AvgIpc) is 3.44. The Morgan fingerprint density at radius 2 is 1.97 bits per heavy atom. The van der Waals surface area contributed by atoms with Gasteiger partial charge in [0.2, 0.25) is 16.4 Å². The first-order chi connectivity index (χ1) is 16.5. The number of rotatable bonds is 10. The quantitative estimate of drug-likeness (QED) is 0.447. The minimum absolute atomic E-state index is 0.0492. The van der Waals surface area contributed by atoms with Gasteiger partial charge in [0.05, 0.1) is 42.4 Å². The molecule has 0 spiro atoms. The van der Waals surface area contributed by atoms with E-state index >= 15 is 0 Å². The highest BCUT2D eigenvalue weighted by Gasteiger charge is 2.60.